The Hall–Kier alpha value is 0.200. The van der Waals surface area contributed by atoms with Crippen LogP contribution in [0.1, 0.15) is 53.4 Å². The van der Waals surface area contributed by atoms with E-state index in [1.807, 2.05) is 0 Å². The highest BCUT2D eigenvalue weighted by Crippen LogP contribution is 2.32. The van der Waals surface area contributed by atoms with E-state index in [0.717, 1.165) is 18.8 Å². The van der Waals surface area contributed by atoms with Gasteiger partial charge in [-0.15, -0.1) is 11.6 Å². The van der Waals surface area contributed by atoms with Crippen LogP contribution in [0.2, 0.25) is 0 Å². The van der Waals surface area contributed by atoms with Gasteiger partial charge in [-0.25, -0.2) is 8.42 Å². The van der Waals surface area contributed by atoms with Gasteiger partial charge >= 0.3 is 0 Å². The summed E-state index contributed by atoms with van der Waals surface area (Å²) in [7, 11) is -3.05. The fraction of sp³-hybridized carbons (Fsp3) is 1.00. The van der Waals surface area contributed by atoms with Gasteiger partial charge in [-0.3, -0.25) is 0 Å². The molecule has 0 amide bonds. The summed E-state index contributed by atoms with van der Waals surface area (Å²) in [6.45, 7) is 8.02. The van der Waals surface area contributed by atoms with E-state index in [9.17, 15) is 8.42 Å². The topological polar surface area (TPSA) is 46.2 Å². The van der Waals surface area contributed by atoms with E-state index in [1.54, 1.807) is 20.8 Å². The third-order valence-corrected chi connectivity index (χ3v) is 7.41. The third kappa shape index (κ3) is 4.61. The van der Waals surface area contributed by atoms with Gasteiger partial charge in [0.25, 0.3) is 0 Å². The highest BCUT2D eigenvalue weighted by molar-refractivity contribution is 7.92. The molecule has 1 fully saturated rings. The first kappa shape index (κ1) is 17.3. The third-order valence-electron chi connectivity index (χ3n) is 4.29. The van der Waals surface area contributed by atoms with Crippen LogP contribution in [0.3, 0.4) is 0 Å². The van der Waals surface area contributed by atoms with Crippen LogP contribution in [0, 0.1) is 5.92 Å². The molecule has 1 N–H and O–H groups in total. The predicted molar refractivity (Wildman–Crippen MR) is 82.6 cm³/mol. The van der Waals surface area contributed by atoms with E-state index < -0.39 is 14.6 Å². The molecule has 0 bridgehead atoms. The number of alkyl halides is 1. The number of rotatable bonds is 5. The molecule has 1 aliphatic rings. The first-order valence-corrected chi connectivity index (χ1v) is 9.34. The van der Waals surface area contributed by atoms with Crippen LogP contribution in [0.5, 0.6) is 0 Å². The molecule has 1 saturated carbocycles. The minimum atomic E-state index is -3.05. The van der Waals surface area contributed by atoms with Crippen LogP contribution in [0.25, 0.3) is 0 Å². The molecule has 114 valence electrons. The van der Waals surface area contributed by atoms with Crippen molar-refractivity contribution < 1.29 is 8.42 Å². The van der Waals surface area contributed by atoms with Crippen LogP contribution in [0.15, 0.2) is 0 Å². The van der Waals surface area contributed by atoms with Crippen LogP contribution in [-0.2, 0) is 9.84 Å². The Morgan fingerprint density at radius 2 is 1.79 bits per heavy atom. The molecule has 0 aromatic carbocycles. The second kappa shape index (κ2) is 6.31. The fourth-order valence-electron chi connectivity index (χ4n) is 2.43. The molecule has 0 radical (unpaired) electrons. The van der Waals surface area contributed by atoms with E-state index in [-0.39, 0.29) is 11.3 Å². The van der Waals surface area contributed by atoms with Crippen LogP contribution in [-0.4, -0.2) is 36.9 Å². The zero-order valence-corrected chi connectivity index (χ0v) is 14.2. The molecule has 3 nitrogen and oxygen atoms in total. The number of sulfone groups is 1. The standard InChI is InChI=1S/C14H28ClNO2S/c1-12-5-7-14(11-15,8-6-12)16-9-10-19(17,18)13(2,3)4/h12,16H,5-11H2,1-4H3. The van der Waals surface area contributed by atoms with Crippen LogP contribution < -0.4 is 5.32 Å². The first-order valence-electron chi connectivity index (χ1n) is 7.15. The normalized spacial score (nSPS) is 29.4. The Labute approximate surface area is 123 Å². The van der Waals surface area contributed by atoms with Gasteiger partial charge < -0.3 is 5.32 Å². The SMILES string of the molecule is CC1CCC(CCl)(NCCS(=O)(=O)C(C)(C)C)CC1. The zero-order chi connectivity index (χ0) is 14.7. The molecule has 0 aliphatic heterocycles. The van der Waals surface area contributed by atoms with E-state index in [2.05, 4.69) is 12.2 Å². The van der Waals surface area contributed by atoms with Gasteiger partial charge in [0, 0.05) is 18.0 Å². The molecule has 1 aliphatic carbocycles. The maximum absolute atomic E-state index is 12.1. The molecule has 0 aromatic rings. The molecule has 5 heteroatoms. The summed E-state index contributed by atoms with van der Waals surface area (Å²) in [6.07, 6.45) is 4.44. The van der Waals surface area contributed by atoms with Gasteiger partial charge in [-0.2, -0.15) is 0 Å². The molecule has 0 unspecified atom stereocenters. The zero-order valence-electron chi connectivity index (χ0n) is 12.6. The maximum Gasteiger partial charge on any atom is 0.156 e. The summed E-state index contributed by atoms with van der Waals surface area (Å²) in [5, 5.41) is 3.42. The summed E-state index contributed by atoms with van der Waals surface area (Å²) >= 11 is 6.11. The number of nitrogens with one attached hydrogen (secondary N) is 1. The Kier molecular flexibility index (Phi) is 5.73. The molecule has 0 aromatic heterocycles. The van der Waals surface area contributed by atoms with Crippen molar-refractivity contribution in [2.45, 2.75) is 63.7 Å². The molecule has 0 spiro atoms. The van der Waals surface area contributed by atoms with Crippen LogP contribution >= 0.6 is 11.6 Å². The Balaban J connectivity index is 2.52. The lowest BCUT2D eigenvalue weighted by Gasteiger charge is -2.39. The summed E-state index contributed by atoms with van der Waals surface area (Å²) in [5.74, 6) is 1.51. The molecule has 0 saturated heterocycles. The average molecular weight is 310 g/mol. The Morgan fingerprint density at radius 3 is 2.21 bits per heavy atom. The largest absolute Gasteiger partial charge is 0.309 e. The van der Waals surface area contributed by atoms with Gasteiger partial charge in [-0.05, 0) is 52.4 Å². The van der Waals surface area contributed by atoms with Gasteiger partial charge in [0.05, 0.1) is 10.5 Å². The molecule has 0 heterocycles. The highest BCUT2D eigenvalue weighted by Gasteiger charge is 2.34. The fourth-order valence-corrected chi connectivity index (χ4v) is 3.77. The van der Waals surface area contributed by atoms with E-state index >= 15 is 0 Å². The maximum atomic E-state index is 12.1. The Bertz CT molecular complexity index is 379. The molecular weight excluding hydrogens is 282 g/mol. The summed E-state index contributed by atoms with van der Waals surface area (Å²) in [4.78, 5) is 0. The summed E-state index contributed by atoms with van der Waals surface area (Å²) in [6, 6.07) is 0. The van der Waals surface area contributed by atoms with Gasteiger partial charge in [-0.1, -0.05) is 6.92 Å². The van der Waals surface area contributed by atoms with Gasteiger partial charge in [0.1, 0.15) is 0 Å². The molecular formula is C14H28ClNO2S. The van der Waals surface area contributed by atoms with Crippen molar-refractivity contribution in [3.63, 3.8) is 0 Å². The number of halogens is 1. The van der Waals surface area contributed by atoms with E-state index in [1.165, 1.54) is 12.8 Å². The lowest BCUT2D eigenvalue weighted by atomic mass is 9.78. The first-order chi connectivity index (χ1) is 8.62. The lowest BCUT2D eigenvalue weighted by Crippen LogP contribution is -2.51. The van der Waals surface area contributed by atoms with E-state index in [4.69, 9.17) is 11.6 Å². The monoisotopic (exact) mass is 309 g/mol. The molecule has 0 atom stereocenters. The highest BCUT2D eigenvalue weighted by atomic mass is 35.5. The van der Waals surface area contributed by atoms with Crippen molar-refractivity contribution in [1.82, 2.24) is 5.32 Å². The van der Waals surface area contributed by atoms with Crippen molar-refractivity contribution in [3.05, 3.63) is 0 Å². The number of hydrogen-bond acceptors (Lipinski definition) is 3. The minimum Gasteiger partial charge on any atom is -0.309 e. The Morgan fingerprint density at radius 1 is 1.26 bits per heavy atom. The molecule has 1 rings (SSSR count). The predicted octanol–water partition coefficient (Wildman–Crippen LogP) is 2.98. The van der Waals surface area contributed by atoms with Crippen molar-refractivity contribution in [2.24, 2.45) is 5.92 Å². The van der Waals surface area contributed by atoms with Crippen LogP contribution in [0.4, 0.5) is 0 Å². The average Bonchev–Trinajstić information content (AvgIpc) is 2.30. The van der Waals surface area contributed by atoms with Gasteiger partial charge in [0.15, 0.2) is 9.84 Å². The van der Waals surface area contributed by atoms with Gasteiger partial charge in [0.2, 0.25) is 0 Å². The second-order valence-electron chi connectivity index (χ2n) is 6.95. The minimum absolute atomic E-state index is 0.0541. The van der Waals surface area contributed by atoms with Crippen molar-refractivity contribution in [2.75, 3.05) is 18.2 Å². The smallest absolute Gasteiger partial charge is 0.156 e. The lowest BCUT2D eigenvalue weighted by molar-refractivity contribution is 0.221. The quantitative estimate of drug-likeness (QED) is 0.794. The van der Waals surface area contributed by atoms with Crippen molar-refractivity contribution in [1.29, 1.82) is 0 Å². The summed E-state index contributed by atoms with van der Waals surface area (Å²) < 4.78 is 23.5. The van der Waals surface area contributed by atoms with E-state index in [0.29, 0.717) is 12.4 Å². The van der Waals surface area contributed by atoms with Crippen molar-refractivity contribution in [3.8, 4) is 0 Å². The number of hydrogen-bond donors (Lipinski definition) is 1. The molecule has 19 heavy (non-hydrogen) atoms. The summed E-state index contributed by atoms with van der Waals surface area (Å²) in [5.41, 5.74) is -0.0541. The second-order valence-corrected chi connectivity index (χ2v) is 10.1. The van der Waals surface area contributed by atoms with Crippen molar-refractivity contribution >= 4 is 21.4 Å².